The highest BCUT2D eigenvalue weighted by atomic mass is 16.5. The van der Waals surface area contributed by atoms with Crippen LogP contribution in [-0.4, -0.2) is 68.6 Å². The number of nitrogens with zero attached hydrogens (tertiary/aromatic N) is 7. The second kappa shape index (κ2) is 8.62. The summed E-state index contributed by atoms with van der Waals surface area (Å²) in [5, 5.41) is 14.6. The average Bonchev–Trinajstić information content (AvgIpc) is 3.39. The number of hydrogen-bond donors (Lipinski definition) is 0. The van der Waals surface area contributed by atoms with E-state index in [-0.39, 0.29) is 5.91 Å². The van der Waals surface area contributed by atoms with E-state index in [1.54, 1.807) is 11.0 Å². The topological polar surface area (TPSA) is 89.3 Å². The molecule has 3 heterocycles. The van der Waals surface area contributed by atoms with Crippen LogP contribution in [0.15, 0.2) is 61.2 Å². The molecule has 0 bridgehead atoms. The van der Waals surface area contributed by atoms with Crippen molar-refractivity contribution >= 4 is 22.5 Å². The molecule has 5 rings (SSSR count). The molecule has 1 aliphatic heterocycles. The summed E-state index contributed by atoms with van der Waals surface area (Å²) in [6, 6.07) is 15.6. The Hall–Kier alpha value is -4.01. The smallest absolute Gasteiger partial charge is 0.258 e. The van der Waals surface area contributed by atoms with E-state index in [4.69, 9.17) is 4.74 Å². The molecule has 1 amide bonds. The van der Waals surface area contributed by atoms with Crippen molar-refractivity contribution in [2.45, 2.75) is 6.92 Å². The number of fused-ring (bicyclic) bond motifs is 1. The maximum atomic E-state index is 13.5. The predicted molar refractivity (Wildman–Crippen MR) is 120 cm³/mol. The lowest BCUT2D eigenvalue weighted by Crippen LogP contribution is -2.49. The Morgan fingerprint density at radius 1 is 0.969 bits per heavy atom. The van der Waals surface area contributed by atoms with Crippen molar-refractivity contribution in [3.8, 4) is 11.6 Å². The maximum Gasteiger partial charge on any atom is 0.258 e. The van der Waals surface area contributed by atoms with Crippen molar-refractivity contribution < 1.29 is 9.53 Å². The molecule has 9 nitrogen and oxygen atoms in total. The number of ether oxygens (including phenoxy) is 1. The van der Waals surface area contributed by atoms with Crippen molar-refractivity contribution in [3.05, 3.63) is 66.7 Å². The zero-order valence-corrected chi connectivity index (χ0v) is 17.8. The van der Waals surface area contributed by atoms with E-state index in [0.717, 1.165) is 16.6 Å². The van der Waals surface area contributed by atoms with Gasteiger partial charge >= 0.3 is 0 Å². The summed E-state index contributed by atoms with van der Waals surface area (Å²) in [5.41, 5.74) is 0.635. The van der Waals surface area contributed by atoms with Crippen LogP contribution in [0, 0.1) is 0 Å². The third kappa shape index (κ3) is 3.73. The number of anilines is 1. The van der Waals surface area contributed by atoms with E-state index < -0.39 is 0 Å². The van der Waals surface area contributed by atoms with Gasteiger partial charge in [-0.3, -0.25) is 4.79 Å². The van der Waals surface area contributed by atoms with Gasteiger partial charge in [-0.25, -0.2) is 9.67 Å². The molecule has 2 aromatic heterocycles. The van der Waals surface area contributed by atoms with Gasteiger partial charge in [-0.15, -0.1) is 10.2 Å². The summed E-state index contributed by atoms with van der Waals surface area (Å²) < 4.78 is 7.36. The Bertz CT molecular complexity index is 1220. The number of benzene rings is 2. The van der Waals surface area contributed by atoms with Gasteiger partial charge in [0.25, 0.3) is 5.91 Å². The molecule has 32 heavy (non-hydrogen) atoms. The molecule has 0 atom stereocenters. The van der Waals surface area contributed by atoms with Gasteiger partial charge in [0, 0.05) is 26.2 Å². The van der Waals surface area contributed by atoms with Gasteiger partial charge in [-0.05, 0) is 35.9 Å². The van der Waals surface area contributed by atoms with Gasteiger partial charge in [0.15, 0.2) is 11.6 Å². The summed E-state index contributed by atoms with van der Waals surface area (Å²) in [6.45, 7) is 4.99. The highest BCUT2D eigenvalue weighted by Gasteiger charge is 2.26. The van der Waals surface area contributed by atoms with Crippen molar-refractivity contribution in [2.75, 3.05) is 37.7 Å². The summed E-state index contributed by atoms with van der Waals surface area (Å²) >= 11 is 0. The van der Waals surface area contributed by atoms with Crippen molar-refractivity contribution in [2.24, 2.45) is 0 Å². The Kier molecular flexibility index (Phi) is 5.37. The van der Waals surface area contributed by atoms with Crippen molar-refractivity contribution in [1.82, 2.24) is 29.9 Å². The first kappa shape index (κ1) is 19.9. The van der Waals surface area contributed by atoms with E-state index >= 15 is 0 Å². The highest BCUT2D eigenvalue weighted by molar-refractivity contribution is 6.09. The molecule has 162 valence electrons. The van der Waals surface area contributed by atoms with E-state index in [9.17, 15) is 4.79 Å². The second-order valence-electron chi connectivity index (χ2n) is 7.46. The van der Waals surface area contributed by atoms with Crippen LogP contribution in [0.25, 0.3) is 16.6 Å². The lowest BCUT2D eigenvalue weighted by atomic mass is 10.0. The minimum atomic E-state index is -0.00230. The minimum absolute atomic E-state index is 0.00230. The highest BCUT2D eigenvalue weighted by Crippen LogP contribution is 2.30. The number of aromatic nitrogens is 5. The van der Waals surface area contributed by atoms with Gasteiger partial charge in [0.05, 0.1) is 12.2 Å². The molecule has 1 fully saturated rings. The fourth-order valence-corrected chi connectivity index (χ4v) is 3.98. The molecule has 9 heteroatoms. The zero-order valence-electron chi connectivity index (χ0n) is 17.8. The van der Waals surface area contributed by atoms with Crippen LogP contribution in [-0.2, 0) is 0 Å². The fraction of sp³-hybridized carbons (Fsp3) is 0.261. The SMILES string of the molecule is CCOc1ccc2ccccc2c1C(=O)N1CCN(c2ccc(-n3cncn3)nn2)CC1. The first-order valence-electron chi connectivity index (χ1n) is 10.6. The number of rotatable bonds is 5. The second-order valence-corrected chi connectivity index (χ2v) is 7.46. The van der Waals surface area contributed by atoms with Crippen molar-refractivity contribution in [3.63, 3.8) is 0 Å². The number of carbonyl (C=O) groups excluding carboxylic acids is 1. The molecular weight excluding hydrogens is 406 g/mol. The maximum absolute atomic E-state index is 13.5. The Morgan fingerprint density at radius 3 is 2.47 bits per heavy atom. The molecule has 0 aliphatic carbocycles. The molecule has 0 saturated carbocycles. The first-order chi connectivity index (χ1) is 15.7. The number of carbonyl (C=O) groups is 1. The largest absolute Gasteiger partial charge is 0.493 e. The van der Waals surface area contributed by atoms with Crippen LogP contribution in [0.2, 0.25) is 0 Å². The Morgan fingerprint density at radius 2 is 1.75 bits per heavy atom. The van der Waals surface area contributed by atoms with Crippen LogP contribution >= 0.6 is 0 Å². The lowest BCUT2D eigenvalue weighted by Gasteiger charge is -2.35. The van der Waals surface area contributed by atoms with E-state index in [2.05, 4.69) is 25.2 Å². The first-order valence-corrected chi connectivity index (χ1v) is 10.6. The number of amides is 1. The van der Waals surface area contributed by atoms with Gasteiger partial charge < -0.3 is 14.5 Å². The minimum Gasteiger partial charge on any atom is -0.493 e. The molecule has 1 aliphatic rings. The quantitative estimate of drug-likeness (QED) is 0.482. The average molecular weight is 429 g/mol. The predicted octanol–water partition coefficient (Wildman–Crippen LogP) is 2.57. The summed E-state index contributed by atoms with van der Waals surface area (Å²) in [6.07, 6.45) is 3.04. The van der Waals surface area contributed by atoms with Crippen LogP contribution in [0.5, 0.6) is 5.75 Å². The molecule has 0 unspecified atom stereocenters. The molecular formula is C23H23N7O2. The van der Waals surface area contributed by atoms with Crippen LogP contribution < -0.4 is 9.64 Å². The van der Waals surface area contributed by atoms with E-state index in [0.29, 0.717) is 49.9 Å². The lowest BCUT2D eigenvalue weighted by molar-refractivity contribution is 0.0744. The Labute approximate surface area is 185 Å². The van der Waals surface area contributed by atoms with Gasteiger partial charge in [-0.2, -0.15) is 5.10 Å². The van der Waals surface area contributed by atoms with E-state index in [1.165, 1.54) is 6.33 Å². The third-order valence-electron chi connectivity index (χ3n) is 5.59. The number of piperazine rings is 1. The fourth-order valence-electron chi connectivity index (χ4n) is 3.98. The van der Waals surface area contributed by atoms with Gasteiger partial charge in [-0.1, -0.05) is 30.3 Å². The normalized spacial score (nSPS) is 14.0. The molecule has 1 saturated heterocycles. The monoisotopic (exact) mass is 429 g/mol. The van der Waals surface area contributed by atoms with Crippen LogP contribution in [0.3, 0.4) is 0 Å². The summed E-state index contributed by atoms with van der Waals surface area (Å²) in [7, 11) is 0. The standard InChI is InChI=1S/C23H23N7O2/c1-2-32-19-8-7-17-5-3-4-6-18(17)22(19)23(31)29-13-11-28(12-14-29)20-9-10-21(27-26-20)30-16-24-15-25-30/h3-10,15-16H,2,11-14H2,1H3. The Balaban J connectivity index is 1.32. The molecule has 4 aromatic rings. The molecule has 0 spiro atoms. The molecule has 0 radical (unpaired) electrons. The van der Waals surface area contributed by atoms with Gasteiger partial charge in [0.2, 0.25) is 0 Å². The van der Waals surface area contributed by atoms with Crippen LogP contribution in [0.1, 0.15) is 17.3 Å². The van der Waals surface area contributed by atoms with Gasteiger partial charge in [0.1, 0.15) is 18.4 Å². The number of hydrogen-bond acceptors (Lipinski definition) is 7. The van der Waals surface area contributed by atoms with E-state index in [1.807, 2.05) is 60.4 Å². The zero-order chi connectivity index (χ0) is 21.9. The molecule has 0 N–H and O–H groups in total. The van der Waals surface area contributed by atoms with Crippen molar-refractivity contribution in [1.29, 1.82) is 0 Å². The summed E-state index contributed by atoms with van der Waals surface area (Å²) in [5.74, 6) is 2.02. The van der Waals surface area contributed by atoms with Crippen LogP contribution in [0.4, 0.5) is 5.82 Å². The third-order valence-corrected chi connectivity index (χ3v) is 5.59. The summed E-state index contributed by atoms with van der Waals surface area (Å²) in [4.78, 5) is 21.5. The molecule has 2 aromatic carbocycles.